The van der Waals surface area contributed by atoms with Crippen molar-refractivity contribution in [2.75, 3.05) is 15.7 Å². The number of thiazole rings is 1. The number of aromatic nitrogens is 1. The number of halogens is 1. The fraction of sp³-hybridized carbons (Fsp3) is 0.143. The number of furan rings is 1. The van der Waals surface area contributed by atoms with Gasteiger partial charge in [0.2, 0.25) is 0 Å². The van der Waals surface area contributed by atoms with Gasteiger partial charge in [0.25, 0.3) is 15.9 Å². The lowest BCUT2D eigenvalue weighted by molar-refractivity contribution is 0.0983. The van der Waals surface area contributed by atoms with E-state index >= 15 is 0 Å². The zero-order valence-corrected chi connectivity index (χ0v) is 23.3. The quantitative estimate of drug-likeness (QED) is 0.216. The van der Waals surface area contributed by atoms with Crippen LogP contribution in [0.25, 0.3) is 10.2 Å². The first-order valence-electron chi connectivity index (χ1n) is 12.0. The van der Waals surface area contributed by atoms with E-state index in [1.807, 2.05) is 42.5 Å². The van der Waals surface area contributed by atoms with Crippen LogP contribution in [-0.4, -0.2) is 25.9 Å². The van der Waals surface area contributed by atoms with Crippen LogP contribution in [0.15, 0.2) is 98.9 Å². The molecule has 5 aromatic rings. The average Bonchev–Trinajstić information content (AvgIpc) is 3.60. The van der Waals surface area contributed by atoms with Gasteiger partial charge in [-0.3, -0.25) is 14.0 Å². The van der Waals surface area contributed by atoms with Crippen LogP contribution in [0.5, 0.6) is 0 Å². The van der Waals surface area contributed by atoms with Crippen LogP contribution in [0.1, 0.15) is 28.1 Å². The molecule has 0 bridgehead atoms. The largest absolute Gasteiger partial charge is 0.467 e. The molecular weight excluding hydrogens is 586 g/mol. The molecule has 0 fully saturated rings. The Balaban J connectivity index is 1.32. The van der Waals surface area contributed by atoms with Crippen molar-refractivity contribution in [1.82, 2.24) is 4.98 Å². The molecule has 38 heavy (non-hydrogen) atoms. The normalized spacial score (nSPS) is 13.4. The maximum absolute atomic E-state index is 13.7. The van der Waals surface area contributed by atoms with Gasteiger partial charge >= 0.3 is 0 Å². The summed E-state index contributed by atoms with van der Waals surface area (Å²) in [6.45, 7) is 0.613. The average molecular weight is 609 g/mol. The smallest absolute Gasteiger partial charge is 0.264 e. The minimum absolute atomic E-state index is 0.146. The highest BCUT2D eigenvalue weighted by molar-refractivity contribution is 9.10. The second-order valence-electron chi connectivity index (χ2n) is 8.91. The monoisotopic (exact) mass is 607 g/mol. The van der Waals surface area contributed by atoms with E-state index in [1.54, 1.807) is 35.4 Å². The third kappa shape index (κ3) is 4.63. The third-order valence-corrected chi connectivity index (χ3v) is 9.83. The van der Waals surface area contributed by atoms with Gasteiger partial charge in [-0.15, -0.1) is 0 Å². The van der Waals surface area contributed by atoms with Crippen molar-refractivity contribution in [2.45, 2.75) is 24.3 Å². The van der Waals surface area contributed by atoms with E-state index < -0.39 is 10.0 Å². The minimum atomic E-state index is -3.77. The van der Waals surface area contributed by atoms with Crippen LogP contribution in [0, 0.1) is 0 Å². The highest BCUT2D eigenvalue weighted by atomic mass is 79.9. The summed E-state index contributed by atoms with van der Waals surface area (Å²) in [5, 5.41) is 0.529. The van der Waals surface area contributed by atoms with E-state index in [4.69, 9.17) is 4.42 Å². The molecule has 0 aliphatic carbocycles. The molecule has 1 aliphatic rings. The fourth-order valence-corrected chi connectivity index (χ4v) is 7.64. The van der Waals surface area contributed by atoms with Crippen LogP contribution in [-0.2, 0) is 23.0 Å². The van der Waals surface area contributed by atoms with Gasteiger partial charge in [-0.25, -0.2) is 13.4 Å². The Kier molecular flexibility index (Phi) is 6.55. The van der Waals surface area contributed by atoms with Crippen LogP contribution in [0.2, 0.25) is 0 Å². The van der Waals surface area contributed by atoms with Crippen LogP contribution >= 0.6 is 27.3 Å². The van der Waals surface area contributed by atoms with Crippen molar-refractivity contribution in [1.29, 1.82) is 0 Å². The van der Waals surface area contributed by atoms with Gasteiger partial charge in [0.05, 0.1) is 33.6 Å². The third-order valence-electron chi connectivity index (χ3n) is 6.47. The summed E-state index contributed by atoms with van der Waals surface area (Å²) in [7, 11) is -3.77. The van der Waals surface area contributed by atoms with E-state index in [2.05, 4.69) is 20.9 Å². The second kappa shape index (κ2) is 10.0. The molecular formula is C28H22BrN3O4S2. The Morgan fingerprint density at radius 3 is 2.66 bits per heavy atom. The predicted molar refractivity (Wildman–Crippen MR) is 152 cm³/mol. The Morgan fingerprint density at radius 1 is 1.05 bits per heavy atom. The molecule has 0 saturated heterocycles. The number of aryl methyl sites for hydroxylation is 1. The number of rotatable bonds is 6. The zero-order valence-electron chi connectivity index (χ0n) is 20.1. The molecule has 0 radical (unpaired) electrons. The number of carbonyl (C=O) groups excluding carboxylic acids is 1. The van der Waals surface area contributed by atoms with Gasteiger partial charge in [0, 0.05) is 16.6 Å². The summed E-state index contributed by atoms with van der Waals surface area (Å²) in [6, 6.07) is 23.0. The van der Waals surface area contributed by atoms with Gasteiger partial charge in [0.15, 0.2) is 5.13 Å². The SMILES string of the molecule is O=C(c1ccc(S(=O)(=O)N2CCCc3ccccc32)cc1)N(Cc1ccco1)c1nc2ccc(Br)cc2s1. The number of sulfonamides is 1. The summed E-state index contributed by atoms with van der Waals surface area (Å²) >= 11 is 4.89. The van der Waals surface area contributed by atoms with Crippen LogP contribution < -0.4 is 9.21 Å². The van der Waals surface area contributed by atoms with Crippen molar-refractivity contribution in [3.8, 4) is 0 Å². The van der Waals surface area contributed by atoms with Gasteiger partial charge in [-0.05, 0) is 79.1 Å². The molecule has 3 heterocycles. The molecule has 3 aromatic carbocycles. The minimum Gasteiger partial charge on any atom is -0.467 e. The van der Waals surface area contributed by atoms with Crippen molar-refractivity contribution >= 4 is 64.2 Å². The number of hydrogen-bond donors (Lipinski definition) is 0. The number of anilines is 2. The lowest BCUT2D eigenvalue weighted by Gasteiger charge is -2.30. The van der Waals surface area contributed by atoms with E-state index in [0.717, 1.165) is 33.1 Å². The molecule has 0 N–H and O–H groups in total. The number of fused-ring (bicyclic) bond motifs is 2. The predicted octanol–water partition coefficient (Wildman–Crippen LogP) is 6.64. The Bertz CT molecular complexity index is 1730. The van der Waals surface area contributed by atoms with Crippen molar-refractivity contribution in [2.24, 2.45) is 0 Å². The molecule has 0 unspecified atom stereocenters. The molecule has 0 atom stereocenters. The van der Waals surface area contributed by atoms with Gasteiger partial charge in [-0.1, -0.05) is 45.5 Å². The lowest BCUT2D eigenvalue weighted by atomic mass is 10.0. The summed E-state index contributed by atoms with van der Waals surface area (Å²) in [5.41, 5.74) is 2.88. The van der Waals surface area contributed by atoms with Crippen molar-refractivity contribution in [3.63, 3.8) is 0 Å². The van der Waals surface area contributed by atoms with Crippen molar-refractivity contribution < 1.29 is 17.6 Å². The summed E-state index contributed by atoms with van der Waals surface area (Å²) in [5.74, 6) is 0.313. The molecule has 0 saturated carbocycles. The maximum Gasteiger partial charge on any atom is 0.264 e. The summed E-state index contributed by atoms with van der Waals surface area (Å²) < 4.78 is 35.9. The van der Waals surface area contributed by atoms with E-state index in [0.29, 0.717) is 28.7 Å². The Morgan fingerprint density at radius 2 is 1.87 bits per heavy atom. The highest BCUT2D eigenvalue weighted by Crippen LogP contribution is 2.34. The van der Waals surface area contributed by atoms with Gasteiger partial charge in [-0.2, -0.15) is 0 Å². The Labute approximate surface area is 232 Å². The fourth-order valence-electron chi connectivity index (χ4n) is 4.59. The van der Waals surface area contributed by atoms with E-state index in [-0.39, 0.29) is 17.3 Å². The van der Waals surface area contributed by atoms with Crippen LogP contribution in [0.4, 0.5) is 10.8 Å². The molecule has 6 rings (SSSR count). The zero-order chi connectivity index (χ0) is 26.3. The molecule has 1 amide bonds. The number of hydrogen-bond acceptors (Lipinski definition) is 6. The first-order valence-corrected chi connectivity index (χ1v) is 15.1. The topological polar surface area (TPSA) is 83.7 Å². The number of nitrogens with zero attached hydrogens (tertiary/aromatic N) is 3. The number of amides is 1. The molecule has 1 aliphatic heterocycles. The number of para-hydroxylation sites is 1. The highest BCUT2D eigenvalue weighted by Gasteiger charge is 2.29. The lowest BCUT2D eigenvalue weighted by Crippen LogP contribution is -2.35. The van der Waals surface area contributed by atoms with Crippen LogP contribution in [0.3, 0.4) is 0 Å². The molecule has 7 nitrogen and oxygen atoms in total. The Hall–Kier alpha value is -3.47. The molecule has 2 aromatic heterocycles. The van der Waals surface area contributed by atoms with E-state index in [9.17, 15) is 13.2 Å². The van der Waals surface area contributed by atoms with Gasteiger partial charge in [0.1, 0.15) is 5.76 Å². The molecule has 192 valence electrons. The molecule has 10 heteroatoms. The standard InChI is InChI=1S/C28H22BrN3O4S2/c29-21-11-14-24-26(17-21)37-28(30-24)31(18-22-7-4-16-36-22)27(33)20-9-12-23(13-10-20)38(34,35)32-15-3-6-19-5-1-2-8-25(19)32/h1-2,4-5,7-14,16-17H,3,6,15,18H2. The van der Waals surface area contributed by atoms with Gasteiger partial charge < -0.3 is 4.42 Å². The first kappa shape index (κ1) is 24.8. The molecule has 0 spiro atoms. The summed E-state index contributed by atoms with van der Waals surface area (Å²) in [4.78, 5) is 20.1. The number of benzene rings is 3. The number of carbonyl (C=O) groups is 1. The maximum atomic E-state index is 13.7. The van der Waals surface area contributed by atoms with Crippen molar-refractivity contribution in [3.05, 3.63) is 106 Å². The second-order valence-corrected chi connectivity index (χ2v) is 12.7. The summed E-state index contributed by atoms with van der Waals surface area (Å²) in [6.07, 6.45) is 3.17. The van der Waals surface area contributed by atoms with E-state index in [1.165, 1.54) is 27.8 Å². The first-order chi connectivity index (χ1) is 18.4.